The van der Waals surface area contributed by atoms with Crippen LogP contribution in [0.25, 0.3) is 0 Å². The first-order valence-corrected chi connectivity index (χ1v) is 6.94. The lowest BCUT2D eigenvalue weighted by Crippen LogP contribution is -2.32. The van der Waals surface area contributed by atoms with E-state index in [9.17, 15) is 4.79 Å². The van der Waals surface area contributed by atoms with Crippen molar-refractivity contribution >= 4 is 17.6 Å². The lowest BCUT2D eigenvalue weighted by Gasteiger charge is -2.10. The zero-order valence-corrected chi connectivity index (χ0v) is 12.4. The molecule has 5 heteroatoms. The molecule has 5 nitrogen and oxygen atoms in total. The second-order valence-corrected chi connectivity index (χ2v) is 4.89. The smallest absolute Gasteiger partial charge is 0.222 e. The van der Waals surface area contributed by atoms with Gasteiger partial charge in [0.2, 0.25) is 5.91 Å². The quantitative estimate of drug-likeness (QED) is 0.549. The molecular formula is C15H24N4O. The summed E-state index contributed by atoms with van der Waals surface area (Å²) >= 11 is 0. The summed E-state index contributed by atoms with van der Waals surface area (Å²) in [5.74, 6) is 0.332. The van der Waals surface area contributed by atoms with Crippen LogP contribution in [0, 0.1) is 6.92 Å². The first-order valence-electron chi connectivity index (χ1n) is 6.94. The second kappa shape index (κ2) is 8.19. The van der Waals surface area contributed by atoms with Gasteiger partial charge in [-0.1, -0.05) is 19.1 Å². The van der Waals surface area contributed by atoms with Gasteiger partial charge >= 0.3 is 0 Å². The summed E-state index contributed by atoms with van der Waals surface area (Å²) in [7, 11) is 0. The van der Waals surface area contributed by atoms with E-state index in [-0.39, 0.29) is 11.9 Å². The molecule has 110 valence electrons. The van der Waals surface area contributed by atoms with Crippen molar-refractivity contribution in [2.24, 2.45) is 10.7 Å². The van der Waals surface area contributed by atoms with Crippen molar-refractivity contribution in [3.05, 3.63) is 29.8 Å². The van der Waals surface area contributed by atoms with Crippen molar-refractivity contribution in [3.8, 4) is 0 Å². The summed E-state index contributed by atoms with van der Waals surface area (Å²) in [6.07, 6.45) is 1.27. The Morgan fingerprint density at radius 3 is 2.85 bits per heavy atom. The number of guanidine groups is 1. The largest absolute Gasteiger partial charge is 0.370 e. The summed E-state index contributed by atoms with van der Waals surface area (Å²) in [5.41, 5.74) is 7.82. The third-order valence-corrected chi connectivity index (χ3v) is 2.93. The zero-order valence-electron chi connectivity index (χ0n) is 12.4. The highest BCUT2D eigenvalue weighted by molar-refractivity contribution is 5.92. The van der Waals surface area contributed by atoms with Crippen LogP contribution >= 0.6 is 0 Å². The van der Waals surface area contributed by atoms with Crippen LogP contribution in [0.2, 0.25) is 0 Å². The molecule has 1 atom stereocenters. The van der Waals surface area contributed by atoms with Gasteiger partial charge in [0.1, 0.15) is 0 Å². The van der Waals surface area contributed by atoms with Gasteiger partial charge in [-0.2, -0.15) is 0 Å². The van der Waals surface area contributed by atoms with Gasteiger partial charge in [0.25, 0.3) is 0 Å². The lowest BCUT2D eigenvalue weighted by molar-refractivity contribution is -0.121. The fraction of sp³-hybridized carbons (Fsp3) is 0.467. The lowest BCUT2D eigenvalue weighted by atomic mass is 10.2. The molecule has 1 unspecified atom stereocenters. The van der Waals surface area contributed by atoms with Crippen molar-refractivity contribution in [1.82, 2.24) is 5.32 Å². The van der Waals surface area contributed by atoms with Crippen LogP contribution in [0.5, 0.6) is 0 Å². The Morgan fingerprint density at radius 2 is 2.20 bits per heavy atom. The van der Waals surface area contributed by atoms with E-state index in [1.54, 1.807) is 0 Å². The molecule has 1 rings (SSSR count). The number of carbonyl (C=O) groups is 1. The van der Waals surface area contributed by atoms with Crippen LogP contribution < -0.4 is 16.4 Å². The topological polar surface area (TPSA) is 79.5 Å². The number of nitrogens with two attached hydrogens (primary N) is 1. The van der Waals surface area contributed by atoms with Crippen molar-refractivity contribution in [3.63, 3.8) is 0 Å². The molecule has 0 fully saturated rings. The minimum absolute atomic E-state index is 0.00598. The van der Waals surface area contributed by atoms with E-state index in [0.717, 1.165) is 17.7 Å². The molecule has 0 heterocycles. The van der Waals surface area contributed by atoms with Gasteiger partial charge in [0, 0.05) is 18.2 Å². The number of carbonyl (C=O) groups excluding carboxylic acids is 1. The van der Waals surface area contributed by atoms with Gasteiger partial charge in [-0.25, -0.2) is 0 Å². The Kier molecular flexibility index (Phi) is 6.56. The van der Waals surface area contributed by atoms with Gasteiger partial charge in [0.05, 0.1) is 6.54 Å². The van der Waals surface area contributed by atoms with E-state index in [4.69, 9.17) is 5.73 Å². The molecule has 0 aromatic heterocycles. The van der Waals surface area contributed by atoms with Crippen molar-refractivity contribution in [2.75, 3.05) is 11.9 Å². The fourth-order valence-electron chi connectivity index (χ4n) is 1.64. The molecular weight excluding hydrogens is 252 g/mol. The summed E-state index contributed by atoms with van der Waals surface area (Å²) in [5, 5.41) is 5.90. The maximum atomic E-state index is 11.6. The number of nitrogens with zero attached hydrogens (tertiary/aromatic N) is 1. The van der Waals surface area contributed by atoms with E-state index >= 15 is 0 Å². The second-order valence-electron chi connectivity index (χ2n) is 4.89. The number of hydrogen-bond donors (Lipinski definition) is 3. The number of aliphatic imine (C=N–C) groups is 1. The number of benzene rings is 1. The summed E-state index contributed by atoms with van der Waals surface area (Å²) in [4.78, 5) is 15.7. The molecule has 0 aliphatic carbocycles. The predicted molar refractivity (Wildman–Crippen MR) is 83.8 cm³/mol. The summed E-state index contributed by atoms with van der Waals surface area (Å²) < 4.78 is 0. The third-order valence-electron chi connectivity index (χ3n) is 2.93. The van der Waals surface area contributed by atoms with Gasteiger partial charge in [-0.05, 0) is 38.0 Å². The molecule has 0 spiro atoms. The number of rotatable bonds is 6. The highest BCUT2D eigenvalue weighted by atomic mass is 16.1. The molecule has 4 N–H and O–H groups in total. The normalized spacial score (nSPS) is 12.8. The maximum Gasteiger partial charge on any atom is 0.222 e. The van der Waals surface area contributed by atoms with Crippen LogP contribution in [0.4, 0.5) is 5.69 Å². The molecule has 0 saturated heterocycles. The van der Waals surface area contributed by atoms with Crippen LogP contribution in [0.1, 0.15) is 32.3 Å². The van der Waals surface area contributed by atoms with Crippen molar-refractivity contribution < 1.29 is 4.79 Å². The number of hydrogen-bond acceptors (Lipinski definition) is 2. The van der Waals surface area contributed by atoms with Crippen LogP contribution in [0.3, 0.4) is 0 Å². The minimum Gasteiger partial charge on any atom is -0.370 e. The van der Waals surface area contributed by atoms with Crippen molar-refractivity contribution in [2.45, 2.75) is 39.7 Å². The minimum atomic E-state index is 0.00598. The van der Waals surface area contributed by atoms with Crippen LogP contribution in [-0.2, 0) is 4.79 Å². The average Bonchev–Trinajstić information content (AvgIpc) is 2.38. The third kappa shape index (κ3) is 6.22. The zero-order chi connectivity index (χ0) is 15.0. The SMILES string of the molecule is CCC(C)NC(=O)CCN=C(N)Nc1cccc(C)c1. The van der Waals surface area contributed by atoms with E-state index in [0.29, 0.717) is 18.9 Å². The molecule has 1 aromatic rings. The number of anilines is 1. The summed E-state index contributed by atoms with van der Waals surface area (Å²) in [6, 6.07) is 8.07. The first-order chi connectivity index (χ1) is 9.51. The van der Waals surface area contributed by atoms with E-state index < -0.39 is 0 Å². The molecule has 0 aliphatic rings. The van der Waals surface area contributed by atoms with Gasteiger partial charge in [0.15, 0.2) is 5.96 Å². The first kappa shape index (κ1) is 16.0. The predicted octanol–water partition coefficient (Wildman–Crippen LogP) is 2.03. The monoisotopic (exact) mass is 276 g/mol. The molecule has 1 aromatic carbocycles. The van der Waals surface area contributed by atoms with Gasteiger partial charge in [-0.15, -0.1) is 0 Å². The van der Waals surface area contributed by atoms with Gasteiger partial charge < -0.3 is 16.4 Å². The highest BCUT2D eigenvalue weighted by Gasteiger charge is 2.04. The molecule has 0 saturated carbocycles. The van der Waals surface area contributed by atoms with E-state index in [2.05, 4.69) is 15.6 Å². The highest BCUT2D eigenvalue weighted by Crippen LogP contribution is 2.08. The standard InChI is InChI=1S/C15H24N4O/c1-4-12(3)18-14(20)8-9-17-15(16)19-13-7-5-6-11(2)10-13/h5-7,10,12H,4,8-9H2,1-3H3,(H,18,20)(H3,16,17,19). The Balaban J connectivity index is 2.37. The van der Waals surface area contributed by atoms with Crippen molar-refractivity contribution in [1.29, 1.82) is 0 Å². The van der Waals surface area contributed by atoms with Crippen LogP contribution in [-0.4, -0.2) is 24.5 Å². The Labute approximate surface area is 120 Å². The number of amides is 1. The van der Waals surface area contributed by atoms with E-state index in [1.165, 1.54) is 0 Å². The maximum absolute atomic E-state index is 11.6. The number of nitrogens with one attached hydrogen (secondary N) is 2. The fourth-order valence-corrected chi connectivity index (χ4v) is 1.64. The summed E-state index contributed by atoms with van der Waals surface area (Å²) in [6.45, 7) is 6.41. The Bertz CT molecular complexity index is 471. The molecule has 1 amide bonds. The molecule has 0 aliphatic heterocycles. The Hall–Kier alpha value is -2.04. The molecule has 0 radical (unpaired) electrons. The Morgan fingerprint density at radius 1 is 1.45 bits per heavy atom. The average molecular weight is 276 g/mol. The number of aryl methyl sites for hydroxylation is 1. The molecule has 0 bridgehead atoms. The van der Waals surface area contributed by atoms with E-state index in [1.807, 2.05) is 45.0 Å². The molecule has 20 heavy (non-hydrogen) atoms. The van der Waals surface area contributed by atoms with Gasteiger partial charge in [-0.3, -0.25) is 9.79 Å². The van der Waals surface area contributed by atoms with Crippen LogP contribution in [0.15, 0.2) is 29.3 Å².